The highest BCUT2D eigenvalue weighted by Gasteiger charge is 2.19. The predicted molar refractivity (Wildman–Crippen MR) is 105 cm³/mol. The lowest BCUT2D eigenvalue weighted by molar-refractivity contribution is -0.130. The number of rotatable bonds is 6. The number of likely N-dealkylation sites (N-methyl/N-ethyl adjacent to an activating group) is 1. The molecule has 28 heavy (non-hydrogen) atoms. The van der Waals surface area contributed by atoms with Crippen molar-refractivity contribution in [3.63, 3.8) is 0 Å². The Morgan fingerprint density at radius 3 is 2.64 bits per heavy atom. The average molecular weight is 387 g/mol. The highest BCUT2D eigenvalue weighted by molar-refractivity contribution is 5.84. The Hall–Kier alpha value is -2.94. The molecule has 1 aromatic heterocycles. The fourth-order valence-corrected chi connectivity index (χ4v) is 3.02. The van der Waals surface area contributed by atoms with Crippen LogP contribution in [0.3, 0.4) is 0 Å². The number of benzene rings is 1. The van der Waals surface area contributed by atoms with E-state index < -0.39 is 0 Å². The molecule has 9 heteroatoms. The maximum atomic E-state index is 13.1. The van der Waals surface area contributed by atoms with Gasteiger partial charge in [-0.3, -0.25) is 14.4 Å². The number of hydrogen-bond donors (Lipinski definition) is 1. The zero-order chi connectivity index (χ0) is 20.1. The maximum absolute atomic E-state index is 13.1. The molecular weight excluding hydrogens is 362 g/mol. The molecule has 0 spiro atoms. The lowest BCUT2D eigenvalue weighted by Gasteiger charge is -2.28. The summed E-state index contributed by atoms with van der Waals surface area (Å²) in [6, 6.07) is 7.38. The van der Waals surface area contributed by atoms with Gasteiger partial charge in [0.05, 0.1) is 30.8 Å². The van der Waals surface area contributed by atoms with Gasteiger partial charge in [-0.2, -0.15) is 0 Å². The molecule has 1 saturated heterocycles. The minimum Gasteiger partial charge on any atom is -0.378 e. The van der Waals surface area contributed by atoms with Gasteiger partial charge in [0.2, 0.25) is 11.8 Å². The largest absolute Gasteiger partial charge is 0.378 e. The van der Waals surface area contributed by atoms with Crippen LogP contribution in [0.1, 0.15) is 6.42 Å². The van der Waals surface area contributed by atoms with E-state index in [-0.39, 0.29) is 36.9 Å². The molecule has 0 atom stereocenters. The smallest absolute Gasteiger partial charge is 0.294 e. The molecule has 1 aliphatic heterocycles. The molecule has 0 aliphatic carbocycles. The molecule has 150 valence electrons. The minimum absolute atomic E-state index is 0.0587. The number of carbonyl (C=O) groups excluding carboxylic acids is 2. The summed E-state index contributed by atoms with van der Waals surface area (Å²) in [4.78, 5) is 44.7. The summed E-state index contributed by atoms with van der Waals surface area (Å²) in [5.41, 5.74) is 1.16. The van der Waals surface area contributed by atoms with Crippen LogP contribution in [0.2, 0.25) is 0 Å². The molecule has 1 aromatic carbocycles. The fraction of sp³-hybridized carbons (Fsp3) is 0.474. The van der Waals surface area contributed by atoms with Crippen molar-refractivity contribution in [2.45, 2.75) is 13.0 Å². The van der Waals surface area contributed by atoms with Gasteiger partial charge in [-0.15, -0.1) is 0 Å². The second-order valence-corrected chi connectivity index (χ2v) is 6.80. The molecule has 0 radical (unpaired) electrons. The van der Waals surface area contributed by atoms with E-state index >= 15 is 0 Å². The molecule has 2 aromatic rings. The molecule has 2 heterocycles. The van der Waals surface area contributed by atoms with Crippen molar-refractivity contribution in [3.8, 4) is 0 Å². The van der Waals surface area contributed by atoms with Crippen molar-refractivity contribution in [1.29, 1.82) is 0 Å². The van der Waals surface area contributed by atoms with Crippen molar-refractivity contribution in [2.75, 3.05) is 51.8 Å². The number of amides is 2. The lowest BCUT2D eigenvalue weighted by Crippen LogP contribution is -2.41. The third-order valence-electron chi connectivity index (χ3n) is 4.64. The maximum Gasteiger partial charge on any atom is 0.294 e. The molecule has 3 rings (SSSR count). The Labute approximate surface area is 162 Å². The van der Waals surface area contributed by atoms with Gasteiger partial charge < -0.3 is 24.4 Å². The highest BCUT2D eigenvalue weighted by Crippen LogP contribution is 2.15. The molecule has 1 fully saturated rings. The van der Waals surface area contributed by atoms with Gasteiger partial charge in [0.25, 0.3) is 5.56 Å². The molecule has 1 N–H and O–H groups in total. The number of aryl methyl sites for hydroxylation is 1. The van der Waals surface area contributed by atoms with E-state index in [0.29, 0.717) is 43.2 Å². The third-order valence-corrected chi connectivity index (χ3v) is 4.64. The standard InChI is InChI=1S/C19H25N5O4/c1-22(2)17(26)13-20-16(25)7-8-24-15-6-4-3-5-14(15)21-18(19(24)27)23-9-11-28-12-10-23/h3-6H,7-13H2,1-2H3,(H,20,25). The van der Waals surface area contributed by atoms with Crippen LogP contribution < -0.4 is 15.8 Å². The van der Waals surface area contributed by atoms with Crippen LogP contribution in [-0.2, 0) is 20.9 Å². The number of carbonyl (C=O) groups is 2. The van der Waals surface area contributed by atoms with Crippen LogP contribution in [-0.4, -0.2) is 73.2 Å². The van der Waals surface area contributed by atoms with E-state index in [1.165, 1.54) is 4.90 Å². The van der Waals surface area contributed by atoms with Crippen molar-refractivity contribution in [1.82, 2.24) is 19.8 Å². The van der Waals surface area contributed by atoms with Crippen LogP contribution in [0.25, 0.3) is 11.0 Å². The first-order chi connectivity index (χ1) is 13.5. The number of nitrogens with zero attached hydrogens (tertiary/aromatic N) is 4. The summed E-state index contributed by atoms with van der Waals surface area (Å²) < 4.78 is 6.94. The van der Waals surface area contributed by atoms with Gasteiger partial charge in [-0.1, -0.05) is 12.1 Å². The van der Waals surface area contributed by atoms with Gasteiger partial charge in [0, 0.05) is 40.2 Å². The third kappa shape index (κ3) is 4.48. The van der Waals surface area contributed by atoms with Crippen LogP contribution in [0, 0.1) is 0 Å². The van der Waals surface area contributed by atoms with Gasteiger partial charge in [0.15, 0.2) is 5.82 Å². The Bertz CT molecular complexity index is 918. The number of morpholine rings is 1. The molecule has 2 amide bonds. The van der Waals surface area contributed by atoms with Crippen molar-refractivity contribution in [2.24, 2.45) is 0 Å². The topological polar surface area (TPSA) is 96.8 Å². The van der Waals surface area contributed by atoms with Crippen molar-refractivity contribution < 1.29 is 14.3 Å². The highest BCUT2D eigenvalue weighted by atomic mass is 16.5. The van der Waals surface area contributed by atoms with E-state index in [0.717, 1.165) is 0 Å². The normalized spacial score (nSPS) is 14.1. The summed E-state index contributed by atoms with van der Waals surface area (Å²) in [6.07, 6.45) is 0.0944. The molecule has 9 nitrogen and oxygen atoms in total. The van der Waals surface area contributed by atoms with Crippen LogP contribution in [0.5, 0.6) is 0 Å². The predicted octanol–water partition coefficient (Wildman–Crippen LogP) is -0.172. The lowest BCUT2D eigenvalue weighted by atomic mass is 10.2. The second kappa shape index (κ2) is 8.83. The van der Waals surface area contributed by atoms with Gasteiger partial charge in [-0.25, -0.2) is 4.98 Å². The minimum atomic E-state index is -0.282. The number of nitrogens with one attached hydrogen (secondary N) is 1. The zero-order valence-corrected chi connectivity index (χ0v) is 16.2. The zero-order valence-electron chi connectivity index (χ0n) is 16.2. The van der Waals surface area contributed by atoms with Crippen molar-refractivity contribution in [3.05, 3.63) is 34.6 Å². The molecule has 0 bridgehead atoms. The summed E-state index contributed by atoms with van der Waals surface area (Å²) in [7, 11) is 3.26. The van der Waals surface area contributed by atoms with Crippen LogP contribution >= 0.6 is 0 Å². The number of hydrogen-bond acceptors (Lipinski definition) is 6. The fourth-order valence-electron chi connectivity index (χ4n) is 3.02. The second-order valence-electron chi connectivity index (χ2n) is 6.80. The van der Waals surface area contributed by atoms with Gasteiger partial charge >= 0.3 is 0 Å². The van der Waals surface area contributed by atoms with Crippen molar-refractivity contribution >= 4 is 28.7 Å². The summed E-state index contributed by atoms with van der Waals surface area (Å²) in [6.45, 7) is 2.46. The SMILES string of the molecule is CN(C)C(=O)CNC(=O)CCn1c(=O)c(N2CCOCC2)nc2ccccc21. The first kappa shape index (κ1) is 19.8. The Balaban J connectivity index is 1.81. The van der Waals surface area contributed by atoms with Crippen LogP contribution in [0.15, 0.2) is 29.1 Å². The number of para-hydroxylation sites is 2. The van der Waals surface area contributed by atoms with E-state index in [1.807, 2.05) is 29.2 Å². The monoisotopic (exact) mass is 387 g/mol. The molecule has 0 unspecified atom stereocenters. The van der Waals surface area contributed by atoms with E-state index in [1.54, 1.807) is 18.7 Å². The molecular formula is C19H25N5O4. The van der Waals surface area contributed by atoms with E-state index in [2.05, 4.69) is 10.3 Å². The average Bonchev–Trinajstić information content (AvgIpc) is 2.71. The Morgan fingerprint density at radius 1 is 1.21 bits per heavy atom. The Kier molecular flexibility index (Phi) is 6.25. The first-order valence-corrected chi connectivity index (χ1v) is 9.26. The molecule has 0 saturated carbocycles. The van der Waals surface area contributed by atoms with Crippen LogP contribution in [0.4, 0.5) is 5.82 Å². The number of aromatic nitrogens is 2. The summed E-state index contributed by atoms with van der Waals surface area (Å²) in [5, 5.41) is 2.59. The quantitative estimate of drug-likeness (QED) is 0.739. The van der Waals surface area contributed by atoms with Gasteiger partial charge in [-0.05, 0) is 12.1 Å². The Morgan fingerprint density at radius 2 is 1.93 bits per heavy atom. The van der Waals surface area contributed by atoms with E-state index in [9.17, 15) is 14.4 Å². The first-order valence-electron chi connectivity index (χ1n) is 9.26. The summed E-state index contributed by atoms with van der Waals surface area (Å²) >= 11 is 0. The summed E-state index contributed by atoms with van der Waals surface area (Å²) in [5.74, 6) is -0.0874. The number of fused-ring (bicyclic) bond motifs is 1. The van der Waals surface area contributed by atoms with E-state index in [4.69, 9.17) is 4.74 Å². The number of anilines is 1. The molecule has 1 aliphatic rings. The van der Waals surface area contributed by atoms with Gasteiger partial charge in [0.1, 0.15) is 0 Å². The number of ether oxygens (including phenoxy) is 1.